The Morgan fingerprint density at radius 3 is 0.988 bits per heavy atom. The van der Waals surface area contributed by atoms with Crippen molar-refractivity contribution in [1.29, 1.82) is 0 Å². The van der Waals surface area contributed by atoms with Gasteiger partial charge < -0.3 is 183 Å². The average Bonchev–Trinajstić information content (AvgIpc) is 3.78. The maximum Gasteiger partial charge on any atom is 0.187 e. The Labute approximate surface area is 463 Å². The van der Waals surface area contributed by atoms with E-state index in [2.05, 4.69) is 0 Å². The summed E-state index contributed by atoms with van der Waals surface area (Å²) in [5.74, 6) is 0. The molecule has 37 nitrogen and oxygen atoms in total. The molecule has 0 aliphatic carbocycles. The Kier molecular flexibility index (Phi) is 22.1. The Bertz CT molecular complexity index is 1980. The van der Waals surface area contributed by atoms with E-state index in [1.54, 1.807) is 0 Å². The largest absolute Gasteiger partial charge is 0.394 e. The minimum Gasteiger partial charge on any atom is -0.394 e. The van der Waals surface area contributed by atoms with Gasteiger partial charge in [-0.1, -0.05) is 0 Å². The van der Waals surface area contributed by atoms with Gasteiger partial charge in [0.05, 0.1) is 59.5 Å². The molecule has 9 rings (SSSR count). The van der Waals surface area contributed by atoms with Crippen molar-refractivity contribution in [3.8, 4) is 0 Å². The summed E-state index contributed by atoms with van der Waals surface area (Å²) in [5, 5.41) is 212. The van der Waals surface area contributed by atoms with Crippen LogP contribution in [0.4, 0.5) is 0 Å². The molecule has 0 radical (unpaired) electrons. The van der Waals surface area contributed by atoms with Gasteiger partial charge in [0.25, 0.3) is 0 Å². The predicted octanol–water partition coefficient (Wildman–Crippen LogP) is -14.9. The van der Waals surface area contributed by atoms with E-state index in [9.17, 15) is 102 Å². The topological polar surface area (TPSA) is 562 Å². The number of rotatable bonds is 19. The van der Waals surface area contributed by atoms with Crippen molar-refractivity contribution in [3.05, 3.63) is 0 Å². The van der Waals surface area contributed by atoms with Gasteiger partial charge in [-0.2, -0.15) is 0 Å². The molecule has 0 saturated carbocycles. The van der Waals surface area contributed by atoms with Gasteiger partial charge in [-0.3, -0.25) is 0 Å². The number of aliphatic hydroxyl groups is 20. The average molecular weight is 1210 g/mol. The van der Waals surface area contributed by atoms with Crippen molar-refractivity contribution in [2.75, 3.05) is 59.5 Å². The highest BCUT2D eigenvalue weighted by Gasteiger charge is 2.58. The second-order valence-electron chi connectivity index (χ2n) is 21.0. The van der Waals surface area contributed by atoms with Crippen LogP contribution < -0.4 is 0 Å². The Balaban J connectivity index is 0.937. The van der Waals surface area contributed by atoms with E-state index in [-0.39, 0.29) is 0 Å². The van der Waals surface area contributed by atoms with Crippen molar-refractivity contribution < 1.29 is 183 Å². The smallest absolute Gasteiger partial charge is 0.187 e. The van der Waals surface area contributed by atoms with Crippen LogP contribution in [-0.4, -0.2) is 383 Å². The Morgan fingerprint density at radius 2 is 0.549 bits per heavy atom. The molecule has 0 bridgehead atoms. The first-order valence-electron chi connectivity index (χ1n) is 26.3. The second-order valence-corrected chi connectivity index (χ2v) is 21.0. The van der Waals surface area contributed by atoms with Crippen LogP contribution in [0.15, 0.2) is 0 Å². The minimum atomic E-state index is -2.10. The quantitative estimate of drug-likeness (QED) is 0.0571. The summed E-state index contributed by atoms with van der Waals surface area (Å²) in [6, 6.07) is 0. The summed E-state index contributed by atoms with van der Waals surface area (Å²) in [4.78, 5) is 0. The Hall–Kier alpha value is -1.48. The lowest BCUT2D eigenvalue weighted by Crippen LogP contribution is -2.65. The van der Waals surface area contributed by atoms with Crippen molar-refractivity contribution in [1.82, 2.24) is 0 Å². The van der Waals surface area contributed by atoms with Gasteiger partial charge in [0.2, 0.25) is 0 Å². The van der Waals surface area contributed by atoms with Crippen molar-refractivity contribution >= 4 is 0 Å². The lowest BCUT2D eigenvalue weighted by molar-refractivity contribution is -0.389. The summed E-state index contributed by atoms with van der Waals surface area (Å²) < 4.78 is 98.0. The van der Waals surface area contributed by atoms with Crippen LogP contribution in [0.5, 0.6) is 0 Å². The molecule has 36 atom stereocenters. The monoisotopic (exact) mass is 1210 g/mol. The third-order valence-corrected chi connectivity index (χ3v) is 15.5. The molecule has 0 unspecified atom stereocenters. The molecule has 9 aliphatic rings. The van der Waals surface area contributed by atoms with Gasteiger partial charge in [0, 0.05) is 0 Å². The molecule has 0 spiro atoms. The van der Waals surface area contributed by atoms with Crippen molar-refractivity contribution in [2.24, 2.45) is 0 Å². The third-order valence-electron chi connectivity index (χ3n) is 15.5. The zero-order valence-electron chi connectivity index (χ0n) is 43.0. The molecule has 0 aromatic carbocycles. The maximum atomic E-state index is 12.0. The standard InChI is InChI=1S/C45H74O37/c46-1-11-20(51)30(61)42(72-11)80-34-17(78-38-27(58)19(50)10(49)4-67-38)8-70-41(33(34)64)79-18-9-71-45(36(82-44-32(63)22(53)13(3-48)74-44)35(18)81-43-31(62)21(52)12(2-47)73-43)77-16-7-69-40(29(60)25(16)56)76-15-6-68-39(28(59)24(15)55)75-14-5-66-37(65)26(57)23(14)54/h10-65H,1-9H2/t10-,11+,12+,13+,14-,15-,16-,17-,18-,19+,20+,21+,22+,23+,24+,25+,26-,27-,28-,29-,30-,31-,32-,33-,34+,35+,36-,37-,38+,39+,40+,41+,42+,43+,44+,45+/m1/s1. The molecular formula is C45H74O37. The van der Waals surface area contributed by atoms with Crippen LogP contribution in [-0.2, 0) is 80.5 Å². The van der Waals surface area contributed by atoms with Crippen LogP contribution in [0.25, 0.3) is 0 Å². The molecule has 82 heavy (non-hydrogen) atoms. The van der Waals surface area contributed by atoms with Gasteiger partial charge in [-0.15, -0.1) is 0 Å². The molecule has 0 aromatic rings. The molecule has 9 fully saturated rings. The van der Waals surface area contributed by atoms with E-state index in [4.69, 9.17) is 80.5 Å². The van der Waals surface area contributed by atoms with Crippen LogP contribution >= 0.6 is 0 Å². The van der Waals surface area contributed by atoms with E-state index in [0.29, 0.717) is 0 Å². The predicted molar refractivity (Wildman–Crippen MR) is 243 cm³/mol. The normalized spacial score (nSPS) is 54.1. The molecular weight excluding hydrogens is 1130 g/mol. The lowest BCUT2D eigenvalue weighted by atomic mass is 10.0. The zero-order valence-corrected chi connectivity index (χ0v) is 43.0. The first-order valence-corrected chi connectivity index (χ1v) is 26.3. The van der Waals surface area contributed by atoms with Crippen LogP contribution in [0.1, 0.15) is 0 Å². The number of aliphatic hydroxyl groups excluding tert-OH is 20. The third kappa shape index (κ3) is 13.6. The van der Waals surface area contributed by atoms with E-state index >= 15 is 0 Å². The summed E-state index contributed by atoms with van der Waals surface area (Å²) in [6.07, 6.45) is -63.4. The van der Waals surface area contributed by atoms with E-state index in [0.717, 1.165) is 0 Å². The fourth-order valence-electron chi connectivity index (χ4n) is 10.5. The van der Waals surface area contributed by atoms with E-state index < -0.39 is 281 Å². The fourth-order valence-corrected chi connectivity index (χ4v) is 10.5. The van der Waals surface area contributed by atoms with Gasteiger partial charge in [0.1, 0.15) is 165 Å². The number of hydrogen-bond acceptors (Lipinski definition) is 37. The molecule has 0 aromatic heterocycles. The summed E-state index contributed by atoms with van der Waals surface area (Å²) in [5.41, 5.74) is 0. The minimum absolute atomic E-state index is 0.437. The van der Waals surface area contributed by atoms with Gasteiger partial charge in [-0.05, 0) is 0 Å². The molecule has 9 aliphatic heterocycles. The number of ether oxygens (including phenoxy) is 17. The highest BCUT2D eigenvalue weighted by molar-refractivity contribution is 4.99. The van der Waals surface area contributed by atoms with Crippen LogP contribution in [0, 0.1) is 0 Å². The van der Waals surface area contributed by atoms with Gasteiger partial charge >= 0.3 is 0 Å². The highest BCUT2D eigenvalue weighted by Crippen LogP contribution is 2.38. The molecule has 9 heterocycles. The van der Waals surface area contributed by atoms with E-state index in [1.807, 2.05) is 0 Å². The van der Waals surface area contributed by atoms with Gasteiger partial charge in [0.15, 0.2) is 56.6 Å². The summed E-state index contributed by atoms with van der Waals surface area (Å²) >= 11 is 0. The zero-order chi connectivity index (χ0) is 59.2. The first kappa shape index (κ1) is 65.0. The Morgan fingerprint density at radius 1 is 0.244 bits per heavy atom. The SMILES string of the molecule is OC[C@@H]1O[C@@H](O[C@@H]2[C@@H](O)[C@H](O[C@@H]3CO[C@@H](O[C@@H]4CO[C@@H](O[C@@H]5CO[C@@H](O[C@@H]6CO[C@@H](O)[C@H](O)[C@H]6O)[C@H](O)[C@H]5O)[C@H](O)[C@H]4O)[C@H](O[C@@H]4O[C@@H](CO)[C@H](O)[C@H]4O)[C@H]3O[C@@H]3O[C@@H](CO)[C@H](O)[C@H]3O)OC[C@H]2O[C@@H]2OC[C@@H](O)[C@H](O)[C@H]2O)[C@H](O)[C@H]1O. The maximum absolute atomic E-state index is 12.0. The van der Waals surface area contributed by atoms with Crippen molar-refractivity contribution in [2.45, 2.75) is 221 Å². The fraction of sp³-hybridized carbons (Fsp3) is 1.00. The van der Waals surface area contributed by atoms with Crippen LogP contribution in [0.3, 0.4) is 0 Å². The summed E-state index contributed by atoms with van der Waals surface area (Å²) in [7, 11) is 0. The lowest BCUT2D eigenvalue weighted by Gasteiger charge is -2.48. The first-order chi connectivity index (χ1) is 39.0. The number of hydrogen-bond donors (Lipinski definition) is 20. The summed E-state index contributed by atoms with van der Waals surface area (Å²) in [6.45, 7) is -6.09. The highest BCUT2D eigenvalue weighted by atomic mass is 16.8. The molecule has 37 heteroatoms. The molecule has 20 N–H and O–H groups in total. The van der Waals surface area contributed by atoms with Crippen LogP contribution in [0.2, 0.25) is 0 Å². The van der Waals surface area contributed by atoms with Gasteiger partial charge in [-0.25, -0.2) is 0 Å². The van der Waals surface area contributed by atoms with Crippen molar-refractivity contribution in [3.63, 3.8) is 0 Å². The molecule has 9 saturated heterocycles. The second kappa shape index (κ2) is 27.9. The van der Waals surface area contributed by atoms with E-state index in [1.165, 1.54) is 0 Å². The molecule has 0 amide bonds. The molecule has 476 valence electrons.